The summed E-state index contributed by atoms with van der Waals surface area (Å²) in [6.45, 7) is 6.53. The number of carbonyl (C=O) groups is 1. The van der Waals surface area contributed by atoms with Crippen LogP contribution < -0.4 is 20.2 Å². The summed E-state index contributed by atoms with van der Waals surface area (Å²) in [4.78, 5) is 25.5. The van der Waals surface area contributed by atoms with Crippen molar-refractivity contribution in [1.82, 2.24) is 9.88 Å². The van der Waals surface area contributed by atoms with E-state index in [9.17, 15) is 14.0 Å². The Balaban J connectivity index is 1.24. The predicted molar refractivity (Wildman–Crippen MR) is 154 cm³/mol. The van der Waals surface area contributed by atoms with Gasteiger partial charge in [0, 0.05) is 30.3 Å². The molecule has 0 radical (unpaired) electrons. The van der Waals surface area contributed by atoms with Crippen LogP contribution in [0.2, 0.25) is 0 Å². The summed E-state index contributed by atoms with van der Waals surface area (Å²) >= 11 is 1.46. The lowest BCUT2D eigenvalue weighted by molar-refractivity contribution is -0.119. The molecule has 2 atom stereocenters. The maximum atomic E-state index is 13.6. The first-order valence-electron chi connectivity index (χ1n) is 12.7. The van der Waals surface area contributed by atoms with Crippen LogP contribution >= 0.6 is 11.8 Å². The average Bonchev–Trinajstić information content (AvgIpc) is 3.29. The molecule has 1 N–H and O–H groups in total. The number of nitrogens with one attached hydrogen (secondary N) is 1. The third-order valence-electron chi connectivity index (χ3n) is 6.84. The van der Waals surface area contributed by atoms with Crippen LogP contribution in [0, 0.1) is 5.82 Å². The number of fused-ring (bicyclic) bond motifs is 1. The Bertz CT molecular complexity index is 1580. The molecule has 4 aromatic rings. The molecule has 1 aliphatic heterocycles. The van der Waals surface area contributed by atoms with Crippen LogP contribution in [-0.4, -0.2) is 28.9 Å². The number of halogens is 1. The van der Waals surface area contributed by atoms with E-state index in [4.69, 9.17) is 9.47 Å². The summed E-state index contributed by atoms with van der Waals surface area (Å²) in [6, 6.07) is 21.1. The van der Waals surface area contributed by atoms with Crippen molar-refractivity contribution >= 4 is 28.6 Å². The van der Waals surface area contributed by atoms with Gasteiger partial charge in [-0.25, -0.2) is 4.39 Å². The molecule has 2 heterocycles. The van der Waals surface area contributed by atoms with Gasteiger partial charge in [0.05, 0.1) is 34.7 Å². The topological polar surface area (TPSA) is 69.6 Å². The molecule has 1 amide bonds. The molecule has 1 saturated heterocycles. The summed E-state index contributed by atoms with van der Waals surface area (Å²) in [5.41, 5.74) is 2.91. The standard InChI is InChI=1S/C31H29FN2O4S/c1-19(30-31(36)33-20(2)39-30)21-11-15-24(16-12-21)37-17-6-18-38-29-27(22-9-13-23(32)14-10-22)34(3)26-8-5-4-7-25(26)28(29)35/h4-5,7-16,19,30H,2,6,17-18H2,1,3H3,(H,33,36). The van der Waals surface area contributed by atoms with Crippen LogP contribution in [0.4, 0.5) is 4.39 Å². The molecule has 6 nitrogen and oxygen atoms in total. The van der Waals surface area contributed by atoms with E-state index in [1.54, 1.807) is 18.2 Å². The fourth-order valence-corrected chi connectivity index (χ4v) is 5.76. The highest BCUT2D eigenvalue weighted by atomic mass is 32.2. The van der Waals surface area contributed by atoms with Crippen LogP contribution in [-0.2, 0) is 11.8 Å². The molecule has 3 aromatic carbocycles. The first-order chi connectivity index (χ1) is 18.8. The molecule has 0 saturated carbocycles. The number of aryl methyl sites for hydroxylation is 1. The van der Waals surface area contributed by atoms with Crippen molar-refractivity contribution < 1.29 is 18.7 Å². The zero-order valence-electron chi connectivity index (χ0n) is 21.8. The third-order valence-corrected chi connectivity index (χ3v) is 8.10. The minimum absolute atomic E-state index is 0.0124. The SMILES string of the molecule is C=C1NC(=O)C(C(C)c2ccc(OCCCOc3c(-c4ccc(F)cc4)n(C)c4ccccc4c3=O)cc2)S1. The quantitative estimate of drug-likeness (QED) is 0.262. The highest BCUT2D eigenvalue weighted by molar-refractivity contribution is 8.04. The van der Waals surface area contributed by atoms with E-state index < -0.39 is 0 Å². The van der Waals surface area contributed by atoms with Gasteiger partial charge < -0.3 is 19.4 Å². The van der Waals surface area contributed by atoms with Crippen molar-refractivity contribution in [2.45, 2.75) is 24.5 Å². The highest BCUT2D eigenvalue weighted by Gasteiger charge is 2.33. The number of thioether (sulfide) groups is 1. The highest BCUT2D eigenvalue weighted by Crippen LogP contribution is 2.36. The average molecular weight is 545 g/mol. The van der Waals surface area contributed by atoms with Crippen molar-refractivity contribution in [3.05, 3.63) is 106 Å². The fourth-order valence-electron chi connectivity index (χ4n) is 4.77. The zero-order chi connectivity index (χ0) is 27.5. The minimum atomic E-state index is -0.347. The maximum Gasteiger partial charge on any atom is 0.238 e. The Morgan fingerprint density at radius 2 is 1.69 bits per heavy atom. The molecule has 1 aromatic heterocycles. The molecular weight excluding hydrogens is 515 g/mol. The molecule has 0 bridgehead atoms. The summed E-state index contributed by atoms with van der Waals surface area (Å²) in [5.74, 6) is 0.629. The molecular formula is C31H29FN2O4S. The smallest absolute Gasteiger partial charge is 0.238 e. The lowest BCUT2D eigenvalue weighted by Crippen LogP contribution is -2.26. The van der Waals surface area contributed by atoms with Crippen molar-refractivity contribution in [2.75, 3.05) is 13.2 Å². The van der Waals surface area contributed by atoms with Crippen LogP contribution in [0.1, 0.15) is 24.8 Å². The van der Waals surface area contributed by atoms with Gasteiger partial charge in [-0.15, -0.1) is 0 Å². The Hall–Kier alpha value is -4.04. The number of nitrogens with zero attached hydrogens (tertiary/aromatic N) is 1. The molecule has 39 heavy (non-hydrogen) atoms. The Morgan fingerprint density at radius 1 is 1.00 bits per heavy atom. The molecule has 2 unspecified atom stereocenters. The second-order valence-corrected chi connectivity index (χ2v) is 10.7. The number of hydrogen-bond acceptors (Lipinski definition) is 5. The summed E-state index contributed by atoms with van der Waals surface area (Å²) in [7, 11) is 1.87. The van der Waals surface area contributed by atoms with E-state index >= 15 is 0 Å². The lowest BCUT2D eigenvalue weighted by atomic mass is 9.97. The molecule has 1 aliphatic rings. The Morgan fingerprint density at radius 3 is 2.38 bits per heavy atom. The van der Waals surface area contributed by atoms with Crippen LogP contribution in [0.3, 0.4) is 0 Å². The van der Waals surface area contributed by atoms with E-state index in [1.165, 1.54) is 23.9 Å². The fraction of sp³-hybridized carbons (Fsp3) is 0.226. The van der Waals surface area contributed by atoms with Gasteiger partial charge in [0.2, 0.25) is 11.3 Å². The summed E-state index contributed by atoms with van der Waals surface area (Å²) in [6.07, 6.45) is 0.554. The number of hydrogen-bond donors (Lipinski definition) is 1. The minimum Gasteiger partial charge on any atom is -0.493 e. The first-order valence-corrected chi connectivity index (χ1v) is 13.6. The number of para-hydroxylation sites is 1. The third kappa shape index (κ3) is 5.56. The van der Waals surface area contributed by atoms with Gasteiger partial charge in [-0.05, 0) is 54.1 Å². The molecule has 200 valence electrons. The van der Waals surface area contributed by atoms with Crippen LogP contribution in [0.15, 0.2) is 89.2 Å². The number of amides is 1. The van der Waals surface area contributed by atoms with Gasteiger partial charge in [0.1, 0.15) is 11.6 Å². The second kappa shape index (κ2) is 11.4. The van der Waals surface area contributed by atoms with Gasteiger partial charge in [-0.2, -0.15) is 0 Å². The molecule has 5 rings (SSSR count). The molecule has 8 heteroatoms. The van der Waals surface area contributed by atoms with Gasteiger partial charge in [0.25, 0.3) is 0 Å². The van der Waals surface area contributed by atoms with Crippen molar-refractivity contribution in [3.63, 3.8) is 0 Å². The zero-order valence-corrected chi connectivity index (χ0v) is 22.6. The Labute approximate surface area is 230 Å². The molecule has 0 aliphatic carbocycles. The first kappa shape index (κ1) is 26.6. The number of carbonyl (C=O) groups excluding carboxylic acids is 1. The number of pyridine rings is 1. The van der Waals surface area contributed by atoms with Gasteiger partial charge in [-0.1, -0.05) is 49.5 Å². The van der Waals surface area contributed by atoms with Gasteiger partial charge in [-0.3, -0.25) is 9.59 Å². The number of benzene rings is 3. The second-order valence-electron chi connectivity index (χ2n) is 9.45. The lowest BCUT2D eigenvalue weighted by Gasteiger charge is -2.18. The van der Waals surface area contributed by atoms with Crippen molar-refractivity contribution in [2.24, 2.45) is 7.05 Å². The molecule has 0 spiro atoms. The monoisotopic (exact) mass is 544 g/mol. The normalized spacial score (nSPS) is 15.8. The Kier molecular flexibility index (Phi) is 7.74. The summed E-state index contributed by atoms with van der Waals surface area (Å²) < 4.78 is 27.4. The maximum absolute atomic E-state index is 13.6. The van der Waals surface area contributed by atoms with Crippen molar-refractivity contribution in [1.29, 1.82) is 0 Å². The number of rotatable bonds is 9. The van der Waals surface area contributed by atoms with E-state index in [1.807, 2.05) is 61.0 Å². The van der Waals surface area contributed by atoms with E-state index in [0.29, 0.717) is 40.4 Å². The van der Waals surface area contributed by atoms with Gasteiger partial charge >= 0.3 is 0 Å². The number of aromatic nitrogens is 1. The number of ether oxygens (including phenoxy) is 2. The van der Waals surface area contributed by atoms with Crippen LogP contribution in [0.25, 0.3) is 22.2 Å². The van der Waals surface area contributed by atoms with E-state index in [0.717, 1.165) is 11.1 Å². The largest absolute Gasteiger partial charge is 0.493 e. The van der Waals surface area contributed by atoms with Crippen molar-refractivity contribution in [3.8, 4) is 22.8 Å². The van der Waals surface area contributed by atoms with E-state index in [-0.39, 0.29) is 40.7 Å². The molecule has 1 fully saturated rings. The predicted octanol–water partition coefficient (Wildman–Crippen LogP) is 6.00. The van der Waals surface area contributed by atoms with Crippen LogP contribution in [0.5, 0.6) is 11.5 Å². The van der Waals surface area contributed by atoms with E-state index in [2.05, 4.69) is 11.9 Å². The summed E-state index contributed by atoms with van der Waals surface area (Å²) in [5, 5.41) is 3.82. The van der Waals surface area contributed by atoms with Gasteiger partial charge in [0.15, 0.2) is 5.75 Å².